The van der Waals surface area contributed by atoms with E-state index in [1.807, 2.05) is 24.3 Å². The molecule has 2 aromatic carbocycles. The van der Waals surface area contributed by atoms with Crippen molar-refractivity contribution < 1.29 is 28.5 Å². The Hall–Kier alpha value is -3.39. The van der Waals surface area contributed by atoms with Crippen molar-refractivity contribution in [3.05, 3.63) is 46.5 Å². The van der Waals surface area contributed by atoms with Crippen LogP contribution in [0.5, 0.6) is 28.7 Å². The first-order valence-electron chi connectivity index (χ1n) is 13.7. The molecule has 0 spiro atoms. The van der Waals surface area contributed by atoms with E-state index in [0.29, 0.717) is 29.5 Å². The van der Waals surface area contributed by atoms with Crippen LogP contribution in [0.2, 0.25) is 0 Å². The van der Waals surface area contributed by atoms with Gasteiger partial charge in [0.05, 0.1) is 35.5 Å². The van der Waals surface area contributed by atoms with Gasteiger partial charge in [0.15, 0.2) is 23.0 Å². The van der Waals surface area contributed by atoms with E-state index in [-0.39, 0.29) is 11.9 Å². The van der Waals surface area contributed by atoms with Crippen molar-refractivity contribution in [1.82, 2.24) is 9.80 Å². The minimum atomic E-state index is 0.156. The largest absolute Gasteiger partial charge is 0.493 e. The fraction of sp³-hybridized carbons (Fsp3) is 0.516. The lowest BCUT2D eigenvalue weighted by Gasteiger charge is -2.42. The molecule has 1 atom stereocenters. The minimum Gasteiger partial charge on any atom is -0.493 e. The number of rotatable bonds is 10. The summed E-state index contributed by atoms with van der Waals surface area (Å²) in [6.45, 7) is 5.25. The lowest BCUT2D eigenvalue weighted by Crippen LogP contribution is -2.55. The number of hydrogen-bond donors (Lipinski definition) is 0. The summed E-state index contributed by atoms with van der Waals surface area (Å²) in [5.74, 6) is 3.47. The Morgan fingerprint density at radius 1 is 0.846 bits per heavy atom. The number of piperazine rings is 1. The van der Waals surface area contributed by atoms with Gasteiger partial charge < -0.3 is 28.6 Å². The van der Waals surface area contributed by atoms with Crippen molar-refractivity contribution in [2.75, 3.05) is 55.2 Å². The van der Waals surface area contributed by atoms with E-state index in [9.17, 15) is 4.79 Å². The molecular formula is C31H42N2O6. The maximum Gasteiger partial charge on any atom is 0.250 e. The summed E-state index contributed by atoms with van der Waals surface area (Å²) >= 11 is 0. The molecule has 1 fully saturated rings. The smallest absolute Gasteiger partial charge is 0.250 e. The van der Waals surface area contributed by atoms with Crippen molar-refractivity contribution in [3.8, 4) is 28.7 Å². The number of amides is 1. The van der Waals surface area contributed by atoms with Crippen LogP contribution in [0.3, 0.4) is 0 Å². The van der Waals surface area contributed by atoms with Crippen LogP contribution < -0.4 is 23.7 Å². The SMILES string of the molecule is CCCC1CN(Cc2cc(OC)c(OC)c(OC)c2)CCN1C(=O)C1=Cc2cc(OC)c(OC)cc2CCC1. The monoisotopic (exact) mass is 538 g/mol. The quantitative estimate of drug-likeness (QED) is 0.423. The van der Waals surface area contributed by atoms with Crippen LogP contribution in [0.4, 0.5) is 0 Å². The first-order valence-corrected chi connectivity index (χ1v) is 13.7. The number of hydrogen-bond acceptors (Lipinski definition) is 7. The highest BCUT2D eigenvalue weighted by Gasteiger charge is 2.32. The van der Waals surface area contributed by atoms with Crippen LogP contribution in [-0.4, -0.2) is 76.9 Å². The molecule has 1 aliphatic heterocycles. The summed E-state index contributed by atoms with van der Waals surface area (Å²) in [6.07, 6.45) is 6.65. The lowest BCUT2D eigenvalue weighted by atomic mass is 10.0. The zero-order valence-electron chi connectivity index (χ0n) is 24.2. The number of ether oxygens (including phenoxy) is 5. The molecule has 0 N–H and O–H groups in total. The molecule has 4 rings (SSSR count). The summed E-state index contributed by atoms with van der Waals surface area (Å²) in [5, 5.41) is 0. The van der Waals surface area contributed by atoms with Gasteiger partial charge in [-0.3, -0.25) is 9.69 Å². The van der Waals surface area contributed by atoms with Crippen molar-refractivity contribution in [1.29, 1.82) is 0 Å². The molecule has 0 bridgehead atoms. The van der Waals surface area contributed by atoms with Crippen LogP contribution in [0.15, 0.2) is 29.8 Å². The Bertz CT molecular complexity index is 1170. The molecule has 1 amide bonds. The summed E-state index contributed by atoms with van der Waals surface area (Å²) in [5.41, 5.74) is 4.20. The first kappa shape index (κ1) is 28.6. The van der Waals surface area contributed by atoms with E-state index >= 15 is 0 Å². The third-order valence-corrected chi connectivity index (χ3v) is 7.72. The lowest BCUT2D eigenvalue weighted by molar-refractivity contribution is -0.132. The van der Waals surface area contributed by atoms with Gasteiger partial charge in [-0.25, -0.2) is 0 Å². The molecule has 1 unspecified atom stereocenters. The number of methoxy groups -OCH3 is 5. The van der Waals surface area contributed by atoms with Gasteiger partial charge >= 0.3 is 0 Å². The average molecular weight is 539 g/mol. The number of carbonyl (C=O) groups is 1. The maximum absolute atomic E-state index is 13.9. The van der Waals surface area contributed by atoms with E-state index in [2.05, 4.69) is 22.8 Å². The molecule has 39 heavy (non-hydrogen) atoms. The second-order valence-electron chi connectivity index (χ2n) is 10.1. The van der Waals surface area contributed by atoms with E-state index in [4.69, 9.17) is 23.7 Å². The standard InChI is InChI=1S/C31H42N2O6/c1-7-9-25-20-32(19-21-14-28(37-4)30(39-6)29(15-21)38-5)12-13-33(25)31(34)23-11-8-10-22-17-26(35-2)27(36-3)18-24(22)16-23/h14-18,25H,7-13,19-20H2,1-6H3. The van der Waals surface area contributed by atoms with Crippen LogP contribution in [-0.2, 0) is 17.8 Å². The summed E-state index contributed by atoms with van der Waals surface area (Å²) < 4.78 is 27.6. The van der Waals surface area contributed by atoms with E-state index in [1.54, 1.807) is 35.5 Å². The molecule has 0 radical (unpaired) electrons. The molecule has 1 saturated heterocycles. The maximum atomic E-state index is 13.9. The number of nitrogens with zero attached hydrogens (tertiary/aromatic N) is 2. The fourth-order valence-electron chi connectivity index (χ4n) is 5.77. The number of aryl methyl sites for hydroxylation is 1. The topological polar surface area (TPSA) is 69.7 Å². The second-order valence-corrected chi connectivity index (χ2v) is 10.1. The molecule has 8 nitrogen and oxygen atoms in total. The van der Waals surface area contributed by atoms with Gasteiger partial charge in [-0.15, -0.1) is 0 Å². The van der Waals surface area contributed by atoms with Gasteiger partial charge in [0.1, 0.15) is 0 Å². The predicted molar refractivity (Wildman–Crippen MR) is 152 cm³/mol. The highest BCUT2D eigenvalue weighted by atomic mass is 16.5. The molecule has 212 valence electrons. The van der Waals surface area contributed by atoms with E-state index < -0.39 is 0 Å². The van der Waals surface area contributed by atoms with Gasteiger partial charge in [-0.1, -0.05) is 13.3 Å². The van der Waals surface area contributed by atoms with Crippen LogP contribution in [0, 0.1) is 0 Å². The van der Waals surface area contributed by atoms with Crippen molar-refractivity contribution in [3.63, 3.8) is 0 Å². The number of carbonyl (C=O) groups excluding carboxylic acids is 1. The highest BCUT2D eigenvalue weighted by Crippen LogP contribution is 2.39. The normalized spacial score (nSPS) is 17.5. The third-order valence-electron chi connectivity index (χ3n) is 7.72. The first-order chi connectivity index (χ1) is 19.0. The minimum absolute atomic E-state index is 0.156. The predicted octanol–water partition coefficient (Wildman–Crippen LogP) is 4.96. The fourth-order valence-corrected chi connectivity index (χ4v) is 5.77. The Morgan fingerprint density at radius 3 is 2.13 bits per heavy atom. The Labute approximate surface area is 232 Å². The molecule has 2 aliphatic rings. The van der Waals surface area contributed by atoms with Crippen LogP contribution in [0.25, 0.3) is 6.08 Å². The molecule has 0 aromatic heterocycles. The number of benzene rings is 2. The van der Waals surface area contributed by atoms with E-state index in [1.165, 1.54) is 5.56 Å². The summed E-state index contributed by atoms with van der Waals surface area (Å²) in [7, 11) is 8.18. The molecule has 2 aromatic rings. The second kappa shape index (κ2) is 13.1. The molecule has 8 heteroatoms. The van der Waals surface area contributed by atoms with Gasteiger partial charge in [-0.2, -0.15) is 0 Å². The van der Waals surface area contributed by atoms with Gasteiger partial charge in [0.25, 0.3) is 0 Å². The van der Waals surface area contributed by atoms with Crippen molar-refractivity contribution in [2.24, 2.45) is 0 Å². The van der Waals surface area contributed by atoms with Gasteiger partial charge in [0.2, 0.25) is 11.7 Å². The number of fused-ring (bicyclic) bond motifs is 1. The van der Waals surface area contributed by atoms with Crippen LogP contribution in [0.1, 0.15) is 49.3 Å². The average Bonchev–Trinajstić information content (AvgIpc) is 3.17. The summed E-state index contributed by atoms with van der Waals surface area (Å²) in [6, 6.07) is 8.20. The Morgan fingerprint density at radius 2 is 1.51 bits per heavy atom. The molecule has 0 saturated carbocycles. The molecular weight excluding hydrogens is 496 g/mol. The Kier molecular flexibility index (Phi) is 9.62. The summed E-state index contributed by atoms with van der Waals surface area (Å²) in [4.78, 5) is 18.4. The zero-order chi connectivity index (χ0) is 27.9. The van der Waals surface area contributed by atoms with Crippen LogP contribution >= 0.6 is 0 Å². The van der Waals surface area contributed by atoms with Gasteiger partial charge in [0, 0.05) is 37.8 Å². The highest BCUT2D eigenvalue weighted by molar-refractivity contribution is 5.98. The molecule has 1 heterocycles. The third kappa shape index (κ3) is 6.27. The molecule has 1 aliphatic carbocycles. The van der Waals surface area contributed by atoms with Crippen molar-refractivity contribution >= 4 is 12.0 Å². The Balaban J connectivity index is 1.53. The van der Waals surface area contributed by atoms with Gasteiger partial charge in [-0.05, 0) is 72.7 Å². The zero-order valence-corrected chi connectivity index (χ0v) is 24.2. The van der Waals surface area contributed by atoms with Crippen molar-refractivity contribution in [2.45, 2.75) is 51.6 Å². The van der Waals surface area contributed by atoms with E-state index in [0.717, 1.165) is 74.2 Å².